The highest BCUT2D eigenvalue weighted by Gasteiger charge is 2.45. The van der Waals surface area contributed by atoms with Gasteiger partial charge in [0.2, 0.25) is 11.8 Å². The van der Waals surface area contributed by atoms with Gasteiger partial charge < -0.3 is 9.80 Å². The van der Waals surface area contributed by atoms with Gasteiger partial charge in [0.05, 0.1) is 11.5 Å². The number of carbonyl (C=O) groups is 2. The second-order valence-corrected chi connectivity index (χ2v) is 9.88. The molecule has 0 aromatic carbocycles. The second kappa shape index (κ2) is 7.02. The van der Waals surface area contributed by atoms with Gasteiger partial charge >= 0.3 is 0 Å². The molecule has 0 radical (unpaired) electrons. The van der Waals surface area contributed by atoms with E-state index >= 15 is 0 Å². The minimum atomic E-state index is -3.06. The largest absolute Gasteiger partial charge is 0.341 e. The zero-order chi connectivity index (χ0) is 18.1. The maximum absolute atomic E-state index is 13.0. The highest BCUT2D eigenvalue weighted by molar-refractivity contribution is 7.91. The van der Waals surface area contributed by atoms with Crippen LogP contribution < -0.4 is 0 Å². The molecule has 2 atom stereocenters. The van der Waals surface area contributed by atoms with E-state index in [1.165, 1.54) is 4.90 Å². The van der Waals surface area contributed by atoms with Crippen molar-refractivity contribution in [1.29, 1.82) is 0 Å². The van der Waals surface area contributed by atoms with Crippen LogP contribution in [0.5, 0.6) is 0 Å². The quantitative estimate of drug-likeness (QED) is 0.713. The van der Waals surface area contributed by atoms with Crippen molar-refractivity contribution < 1.29 is 18.0 Å². The first-order valence-electron chi connectivity index (χ1n) is 8.89. The van der Waals surface area contributed by atoms with Crippen molar-refractivity contribution >= 4 is 21.7 Å². The van der Waals surface area contributed by atoms with Crippen LogP contribution in [0.2, 0.25) is 0 Å². The predicted molar refractivity (Wildman–Crippen MR) is 93.3 cm³/mol. The van der Waals surface area contributed by atoms with Crippen molar-refractivity contribution in [1.82, 2.24) is 9.80 Å². The molecule has 2 saturated heterocycles. The Morgan fingerprint density at radius 1 is 1.21 bits per heavy atom. The first kappa shape index (κ1) is 19.2. The molecule has 2 heterocycles. The van der Waals surface area contributed by atoms with Crippen LogP contribution in [0.25, 0.3) is 0 Å². The van der Waals surface area contributed by atoms with E-state index in [-0.39, 0.29) is 35.4 Å². The highest BCUT2D eigenvalue weighted by Crippen LogP contribution is 2.30. The van der Waals surface area contributed by atoms with Gasteiger partial charge in [0.25, 0.3) is 0 Å². The normalized spacial score (nSPS) is 27.1. The van der Waals surface area contributed by atoms with Crippen LogP contribution in [-0.2, 0) is 19.4 Å². The van der Waals surface area contributed by atoms with Crippen LogP contribution in [0.15, 0.2) is 0 Å². The Bertz CT molecular complexity index is 600. The summed E-state index contributed by atoms with van der Waals surface area (Å²) in [4.78, 5) is 29.3. The second-order valence-electron chi connectivity index (χ2n) is 7.65. The number of sulfone groups is 1. The van der Waals surface area contributed by atoms with Crippen molar-refractivity contribution in [3.63, 3.8) is 0 Å². The van der Waals surface area contributed by atoms with Crippen LogP contribution in [0, 0.1) is 5.41 Å². The molecule has 0 spiro atoms. The molecule has 2 amide bonds. The third-order valence-corrected chi connectivity index (χ3v) is 7.26. The van der Waals surface area contributed by atoms with Crippen molar-refractivity contribution in [2.45, 2.75) is 65.0 Å². The number of rotatable bonds is 4. The Balaban J connectivity index is 2.12. The summed E-state index contributed by atoms with van der Waals surface area (Å²) in [6, 6.07) is -0.117. The fraction of sp³-hybridized carbons (Fsp3) is 0.882. The number of likely N-dealkylation sites (tertiary alicyclic amines) is 1. The zero-order valence-electron chi connectivity index (χ0n) is 15.2. The summed E-state index contributed by atoms with van der Waals surface area (Å²) in [5.41, 5.74) is -1.16. The standard InChI is InChI=1S/C17H30N2O4S/c1-5-13-8-6-7-10-19(13)16(21)17(2,3)15(20)18(4)14-9-11-24(22,23)12-14/h13-14H,5-12H2,1-4H3. The highest BCUT2D eigenvalue weighted by atomic mass is 32.2. The van der Waals surface area contributed by atoms with Crippen LogP contribution in [0.4, 0.5) is 0 Å². The number of hydrogen-bond donors (Lipinski definition) is 0. The monoisotopic (exact) mass is 358 g/mol. The Hall–Kier alpha value is -1.11. The van der Waals surface area contributed by atoms with Crippen molar-refractivity contribution in [2.75, 3.05) is 25.1 Å². The molecule has 138 valence electrons. The number of carbonyl (C=O) groups excluding carboxylic acids is 2. The van der Waals surface area contributed by atoms with Crippen LogP contribution in [0.3, 0.4) is 0 Å². The molecule has 2 aliphatic rings. The third kappa shape index (κ3) is 3.76. The maximum atomic E-state index is 13.0. The minimum absolute atomic E-state index is 0.000803. The van der Waals surface area contributed by atoms with Crippen molar-refractivity contribution in [2.24, 2.45) is 5.41 Å². The first-order chi connectivity index (χ1) is 11.1. The lowest BCUT2D eigenvalue weighted by Gasteiger charge is -2.41. The molecule has 7 heteroatoms. The minimum Gasteiger partial charge on any atom is -0.341 e. The van der Waals surface area contributed by atoms with Gasteiger partial charge in [-0.3, -0.25) is 9.59 Å². The Kier molecular flexibility index (Phi) is 5.62. The summed E-state index contributed by atoms with van der Waals surface area (Å²) in [5.74, 6) is -0.295. The van der Waals surface area contributed by atoms with Gasteiger partial charge in [-0.2, -0.15) is 0 Å². The molecule has 0 N–H and O–H groups in total. The van der Waals surface area contributed by atoms with Gasteiger partial charge in [-0.25, -0.2) is 8.42 Å². The summed E-state index contributed by atoms with van der Waals surface area (Å²) in [6.45, 7) is 6.11. The molecule has 0 bridgehead atoms. The summed E-state index contributed by atoms with van der Waals surface area (Å²) >= 11 is 0. The van der Waals surface area contributed by atoms with E-state index in [9.17, 15) is 18.0 Å². The number of amides is 2. The fourth-order valence-corrected chi connectivity index (χ4v) is 5.60. The molecule has 0 aromatic heterocycles. The fourth-order valence-electron chi connectivity index (χ4n) is 3.83. The molecule has 2 fully saturated rings. The summed E-state index contributed by atoms with van der Waals surface area (Å²) < 4.78 is 23.3. The molecule has 24 heavy (non-hydrogen) atoms. The average molecular weight is 359 g/mol. The Labute approximate surface area is 145 Å². The lowest BCUT2D eigenvalue weighted by atomic mass is 9.86. The zero-order valence-corrected chi connectivity index (χ0v) is 16.1. The van der Waals surface area contributed by atoms with E-state index in [2.05, 4.69) is 6.92 Å². The van der Waals surface area contributed by atoms with Crippen molar-refractivity contribution in [3.05, 3.63) is 0 Å². The van der Waals surface area contributed by atoms with Crippen LogP contribution >= 0.6 is 0 Å². The number of nitrogens with zero attached hydrogens (tertiary/aromatic N) is 2. The van der Waals surface area contributed by atoms with Gasteiger partial charge in [-0.15, -0.1) is 0 Å². The van der Waals surface area contributed by atoms with Gasteiger partial charge in [0.15, 0.2) is 9.84 Å². The maximum Gasteiger partial charge on any atom is 0.237 e. The van der Waals surface area contributed by atoms with E-state index in [1.54, 1.807) is 20.9 Å². The molecule has 2 unspecified atom stereocenters. The van der Waals surface area contributed by atoms with Crippen LogP contribution in [0.1, 0.15) is 52.9 Å². The molecule has 2 rings (SSSR count). The van der Waals surface area contributed by atoms with Crippen LogP contribution in [-0.4, -0.2) is 67.2 Å². The molecule has 0 aromatic rings. The summed E-state index contributed by atoms with van der Waals surface area (Å²) in [6.07, 6.45) is 4.44. The molecule has 6 nitrogen and oxygen atoms in total. The summed E-state index contributed by atoms with van der Waals surface area (Å²) in [7, 11) is -1.44. The third-order valence-electron chi connectivity index (χ3n) is 5.51. The van der Waals surface area contributed by atoms with E-state index in [1.807, 2.05) is 4.90 Å². The van der Waals surface area contributed by atoms with E-state index in [0.29, 0.717) is 13.0 Å². The van der Waals surface area contributed by atoms with Gasteiger partial charge in [0, 0.05) is 25.7 Å². The van der Waals surface area contributed by atoms with Gasteiger partial charge in [-0.05, 0) is 46.0 Å². The summed E-state index contributed by atoms with van der Waals surface area (Å²) in [5, 5.41) is 0. The van der Waals surface area contributed by atoms with Gasteiger partial charge in [-0.1, -0.05) is 6.92 Å². The van der Waals surface area contributed by atoms with Crippen molar-refractivity contribution in [3.8, 4) is 0 Å². The Morgan fingerprint density at radius 2 is 1.88 bits per heavy atom. The molecule has 0 saturated carbocycles. The molecular formula is C17H30N2O4S. The van der Waals surface area contributed by atoms with Gasteiger partial charge in [0.1, 0.15) is 5.41 Å². The smallest absolute Gasteiger partial charge is 0.237 e. The van der Waals surface area contributed by atoms with E-state index < -0.39 is 15.3 Å². The van der Waals surface area contributed by atoms with E-state index in [0.717, 1.165) is 25.7 Å². The molecular weight excluding hydrogens is 328 g/mol. The molecule has 2 aliphatic heterocycles. The number of hydrogen-bond acceptors (Lipinski definition) is 4. The predicted octanol–water partition coefficient (Wildman–Crippen LogP) is 1.45. The molecule has 0 aliphatic carbocycles. The lowest BCUT2D eigenvalue weighted by Crippen LogP contribution is -2.55. The SMILES string of the molecule is CCC1CCCCN1C(=O)C(C)(C)C(=O)N(C)C1CCS(=O)(=O)C1. The topological polar surface area (TPSA) is 74.8 Å². The average Bonchev–Trinajstić information content (AvgIpc) is 2.92. The first-order valence-corrected chi connectivity index (χ1v) is 10.7. The number of piperidine rings is 1. The Morgan fingerprint density at radius 3 is 2.42 bits per heavy atom. The van der Waals surface area contributed by atoms with E-state index in [4.69, 9.17) is 0 Å². The lowest BCUT2D eigenvalue weighted by molar-refractivity contribution is -0.156.